The largest absolute Gasteiger partial charge is 0.335 e. The van der Waals surface area contributed by atoms with Gasteiger partial charge in [0, 0.05) is 34.9 Å². The van der Waals surface area contributed by atoms with Crippen LogP contribution in [0.3, 0.4) is 0 Å². The van der Waals surface area contributed by atoms with Crippen LogP contribution in [0.25, 0.3) is 10.9 Å². The van der Waals surface area contributed by atoms with Gasteiger partial charge in [0.1, 0.15) is 0 Å². The van der Waals surface area contributed by atoms with E-state index < -0.39 is 0 Å². The van der Waals surface area contributed by atoms with Crippen molar-refractivity contribution in [2.75, 3.05) is 10.6 Å². The van der Waals surface area contributed by atoms with E-state index in [1.807, 2.05) is 6.07 Å². The van der Waals surface area contributed by atoms with E-state index in [4.69, 9.17) is 0 Å². The summed E-state index contributed by atoms with van der Waals surface area (Å²) in [5.74, 6) is -0.219. The van der Waals surface area contributed by atoms with Crippen LogP contribution in [0.4, 0.5) is 16.2 Å². The summed E-state index contributed by atoms with van der Waals surface area (Å²) in [6.07, 6.45) is 3.64. The first kappa shape index (κ1) is 20.1. The Morgan fingerprint density at radius 2 is 1.77 bits per heavy atom. The number of halogens is 1. The van der Waals surface area contributed by atoms with Crippen molar-refractivity contribution in [2.45, 2.75) is 31.8 Å². The van der Waals surface area contributed by atoms with Crippen LogP contribution in [0.5, 0.6) is 0 Å². The number of nitrogens with one attached hydrogen (secondary N) is 3. The van der Waals surface area contributed by atoms with E-state index in [1.54, 1.807) is 36.4 Å². The Labute approximate surface area is 180 Å². The Kier molecular flexibility index (Phi) is 5.80. The molecule has 3 amide bonds. The second kappa shape index (κ2) is 8.66. The molecule has 0 aliphatic heterocycles. The number of hydrogen-bond donors (Lipinski definition) is 3. The maximum atomic E-state index is 12.6. The number of anilines is 2. The van der Waals surface area contributed by atoms with Gasteiger partial charge < -0.3 is 16.0 Å². The summed E-state index contributed by atoms with van der Waals surface area (Å²) in [7, 11) is 0. The summed E-state index contributed by atoms with van der Waals surface area (Å²) in [4.78, 5) is 40.9. The third-order valence-electron chi connectivity index (χ3n) is 4.70. The van der Waals surface area contributed by atoms with Gasteiger partial charge in [-0.2, -0.15) is 0 Å². The third kappa shape index (κ3) is 5.04. The highest BCUT2D eigenvalue weighted by Gasteiger charge is 2.23. The zero-order chi connectivity index (χ0) is 21.1. The predicted octanol–water partition coefficient (Wildman–Crippen LogP) is 3.47. The second-order valence-electron chi connectivity index (χ2n) is 7.15. The smallest absolute Gasteiger partial charge is 0.319 e. The van der Waals surface area contributed by atoms with Gasteiger partial charge in [0.2, 0.25) is 5.91 Å². The summed E-state index contributed by atoms with van der Waals surface area (Å²) in [5, 5.41) is 8.89. The van der Waals surface area contributed by atoms with Crippen molar-refractivity contribution in [1.29, 1.82) is 0 Å². The van der Waals surface area contributed by atoms with Gasteiger partial charge in [-0.05, 0) is 55.3 Å². The van der Waals surface area contributed by atoms with Gasteiger partial charge in [-0.1, -0.05) is 15.9 Å². The summed E-state index contributed by atoms with van der Waals surface area (Å²) in [6.45, 7) is 0.223. The van der Waals surface area contributed by atoms with Crippen molar-refractivity contribution < 1.29 is 9.59 Å². The van der Waals surface area contributed by atoms with Crippen molar-refractivity contribution in [3.8, 4) is 0 Å². The second-order valence-corrected chi connectivity index (χ2v) is 8.07. The van der Waals surface area contributed by atoms with Crippen LogP contribution < -0.4 is 21.5 Å². The number of amides is 3. The molecule has 3 N–H and O–H groups in total. The van der Waals surface area contributed by atoms with Gasteiger partial charge >= 0.3 is 6.03 Å². The minimum atomic E-state index is -0.226. The maximum Gasteiger partial charge on any atom is 0.319 e. The first-order valence-electron chi connectivity index (χ1n) is 9.60. The topological polar surface area (TPSA) is 105 Å². The molecule has 1 aromatic heterocycles. The molecule has 9 heteroatoms. The zero-order valence-corrected chi connectivity index (χ0v) is 17.6. The average Bonchev–Trinajstić information content (AvgIpc) is 3.53. The van der Waals surface area contributed by atoms with E-state index in [1.165, 1.54) is 10.9 Å². The van der Waals surface area contributed by atoms with E-state index in [0.29, 0.717) is 22.3 Å². The maximum absolute atomic E-state index is 12.6. The number of aryl methyl sites for hydroxylation is 1. The molecule has 30 heavy (non-hydrogen) atoms. The van der Waals surface area contributed by atoms with E-state index >= 15 is 0 Å². The highest BCUT2D eigenvalue weighted by atomic mass is 79.9. The molecule has 0 radical (unpaired) electrons. The number of aromatic nitrogens is 2. The number of carbonyl (C=O) groups excluding carboxylic acids is 2. The molecule has 3 aromatic rings. The molecule has 1 fully saturated rings. The van der Waals surface area contributed by atoms with E-state index in [-0.39, 0.29) is 36.5 Å². The summed E-state index contributed by atoms with van der Waals surface area (Å²) < 4.78 is 2.23. The third-order valence-corrected chi connectivity index (χ3v) is 5.20. The van der Waals surface area contributed by atoms with Gasteiger partial charge in [0.25, 0.3) is 5.56 Å². The number of hydrogen-bond acceptors (Lipinski definition) is 4. The molecule has 1 aliphatic rings. The molecule has 0 unspecified atom stereocenters. The standard InChI is InChI=1S/C21H20BrN5O3/c22-13-1-8-18-17(11-13)20(29)27(12-23-18)10-9-19(28)24-14-2-4-15(5-3-14)25-21(30)26-16-6-7-16/h1-5,8,11-12,16H,6-7,9-10H2,(H,24,28)(H2,25,26,30). The molecule has 2 aromatic carbocycles. The Morgan fingerprint density at radius 3 is 2.47 bits per heavy atom. The number of urea groups is 1. The molecule has 1 heterocycles. The average molecular weight is 470 g/mol. The Hall–Kier alpha value is -3.20. The van der Waals surface area contributed by atoms with Crippen molar-refractivity contribution in [1.82, 2.24) is 14.9 Å². The quantitative estimate of drug-likeness (QED) is 0.513. The van der Waals surface area contributed by atoms with Crippen LogP contribution in [-0.4, -0.2) is 27.5 Å². The molecule has 0 atom stereocenters. The summed E-state index contributed by atoms with van der Waals surface area (Å²) in [6, 6.07) is 12.2. The Morgan fingerprint density at radius 1 is 1.07 bits per heavy atom. The lowest BCUT2D eigenvalue weighted by Crippen LogP contribution is -2.30. The Balaban J connectivity index is 1.32. The monoisotopic (exact) mass is 469 g/mol. The molecule has 0 saturated heterocycles. The molecule has 0 bridgehead atoms. The highest BCUT2D eigenvalue weighted by Crippen LogP contribution is 2.19. The number of benzene rings is 2. The molecular weight excluding hydrogens is 450 g/mol. The lowest BCUT2D eigenvalue weighted by Gasteiger charge is -2.09. The normalized spacial score (nSPS) is 13.1. The fourth-order valence-electron chi connectivity index (χ4n) is 2.95. The minimum absolute atomic E-state index is 0.130. The van der Waals surface area contributed by atoms with Gasteiger partial charge in [0.05, 0.1) is 17.2 Å². The zero-order valence-electron chi connectivity index (χ0n) is 16.0. The van der Waals surface area contributed by atoms with Gasteiger partial charge in [-0.3, -0.25) is 14.2 Å². The van der Waals surface area contributed by atoms with E-state index in [0.717, 1.165) is 17.3 Å². The lowest BCUT2D eigenvalue weighted by molar-refractivity contribution is -0.116. The fraction of sp³-hybridized carbons (Fsp3) is 0.238. The van der Waals surface area contributed by atoms with E-state index in [2.05, 4.69) is 36.9 Å². The number of carbonyl (C=O) groups is 2. The molecule has 1 saturated carbocycles. The van der Waals surface area contributed by atoms with Crippen LogP contribution in [0.2, 0.25) is 0 Å². The van der Waals surface area contributed by atoms with Crippen LogP contribution in [0, 0.1) is 0 Å². The highest BCUT2D eigenvalue weighted by molar-refractivity contribution is 9.10. The van der Waals surface area contributed by atoms with Crippen LogP contribution in [0.15, 0.2) is 58.1 Å². The Bertz CT molecular complexity index is 1160. The number of nitrogens with zero attached hydrogens (tertiary/aromatic N) is 2. The SMILES string of the molecule is O=C(CCn1cnc2ccc(Br)cc2c1=O)Nc1ccc(NC(=O)NC2CC2)cc1. The fourth-order valence-corrected chi connectivity index (χ4v) is 3.31. The van der Waals surface area contributed by atoms with E-state index in [9.17, 15) is 14.4 Å². The van der Waals surface area contributed by atoms with Gasteiger partial charge in [-0.15, -0.1) is 0 Å². The summed E-state index contributed by atoms with van der Waals surface area (Å²) >= 11 is 3.35. The number of rotatable bonds is 6. The number of fused-ring (bicyclic) bond motifs is 1. The van der Waals surface area contributed by atoms with Crippen molar-refractivity contribution in [3.63, 3.8) is 0 Å². The molecule has 0 spiro atoms. The van der Waals surface area contributed by atoms with Gasteiger partial charge in [-0.25, -0.2) is 9.78 Å². The van der Waals surface area contributed by atoms with Crippen molar-refractivity contribution >= 4 is 50.1 Å². The summed E-state index contributed by atoms with van der Waals surface area (Å²) in [5.41, 5.74) is 1.68. The van der Waals surface area contributed by atoms with Crippen molar-refractivity contribution in [2.24, 2.45) is 0 Å². The molecule has 1 aliphatic carbocycles. The first-order chi connectivity index (χ1) is 14.5. The molecular formula is C21H20BrN5O3. The minimum Gasteiger partial charge on any atom is -0.335 e. The van der Waals surface area contributed by atoms with Gasteiger partial charge in [0.15, 0.2) is 0 Å². The van der Waals surface area contributed by atoms with Crippen LogP contribution in [0.1, 0.15) is 19.3 Å². The molecule has 4 rings (SSSR count). The lowest BCUT2D eigenvalue weighted by atomic mass is 10.2. The van der Waals surface area contributed by atoms with Crippen LogP contribution >= 0.6 is 15.9 Å². The predicted molar refractivity (Wildman–Crippen MR) is 119 cm³/mol. The molecule has 154 valence electrons. The van der Waals surface area contributed by atoms with Crippen LogP contribution in [-0.2, 0) is 11.3 Å². The van der Waals surface area contributed by atoms with Crippen molar-refractivity contribution in [3.05, 3.63) is 63.6 Å². The molecule has 8 nitrogen and oxygen atoms in total. The first-order valence-corrected chi connectivity index (χ1v) is 10.4.